The van der Waals surface area contributed by atoms with Gasteiger partial charge in [0.2, 0.25) is 11.8 Å². The summed E-state index contributed by atoms with van der Waals surface area (Å²) in [5.74, 6) is -0.426. The van der Waals surface area contributed by atoms with Gasteiger partial charge in [-0.15, -0.1) is 0 Å². The number of carbonyl (C=O) groups is 2. The van der Waals surface area contributed by atoms with Gasteiger partial charge >= 0.3 is 0 Å². The molecule has 20 heavy (non-hydrogen) atoms. The zero-order valence-corrected chi connectivity index (χ0v) is 11.3. The summed E-state index contributed by atoms with van der Waals surface area (Å²) in [6, 6.07) is 9.10. The maximum Gasteiger partial charge on any atom is 0.242 e. The van der Waals surface area contributed by atoms with Crippen molar-refractivity contribution in [1.29, 1.82) is 0 Å². The van der Waals surface area contributed by atoms with Crippen LogP contribution >= 0.6 is 0 Å². The zero-order chi connectivity index (χ0) is 14.4. The minimum absolute atomic E-state index is 0.0808. The molecule has 2 rings (SSSR count). The molecule has 1 heterocycles. The number of hydrogen-bond acceptors (Lipinski definition) is 4. The second kappa shape index (κ2) is 6.81. The predicted molar refractivity (Wildman–Crippen MR) is 76.2 cm³/mol. The average molecular weight is 274 g/mol. The van der Waals surface area contributed by atoms with E-state index in [9.17, 15) is 9.59 Å². The highest BCUT2D eigenvalue weighted by molar-refractivity contribution is 5.99. The van der Waals surface area contributed by atoms with Crippen molar-refractivity contribution in [2.45, 2.75) is 19.4 Å². The molecule has 1 saturated heterocycles. The van der Waals surface area contributed by atoms with E-state index < -0.39 is 6.04 Å². The topological polar surface area (TPSA) is 82.6 Å². The first-order chi connectivity index (χ1) is 9.66. The van der Waals surface area contributed by atoms with E-state index >= 15 is 0 Å². The van der Waals surface area contributed by atoms with E-state index in [0.29, 0.717) is 13.1 Å². The standard InChI is InChI=1S/C14H18N4O2/c1-10(11-5-3-2-4-6-11)17-18-13(19)9-12-14(20)16-8-7-15-12/h2-6,12,15H,7-9H2,1H3,(H,16,20)(H,18,19)/b17-10+/t12-/m0/s1. The van der Waals surface area contributed by atoms with Gasteiger partial charge in [-0.05, 0) is 12.5 Å². The normalized spacial score (nSPS) is 19.4. The van der Waals surface area contributed by atoms with Gasteiger partial charge in [0.05, 0.1) is 18.2 Å². The molecule has 0 unspecified atom stereocenters. The van der Waals surface area contributed by atoms with Crippen molar-refractivity contribution in [3.63, 3.8) is 0 Å². The van der Waals surface area contributed by atoms with Gasteiger partial charge in [-0.3, -0.25) is 9.59 Å². The third-order valence-electron chi connectivity index (χ3n) is 3.06. The Morgan fingerprint density at radius 3 is 2.80 bits per heavy atom. The molecule has 0 aromatic heterocycles. The average Bonchev–Trinajstić information content (AvgIpc) is 2.48. The Morgan fingerprint density at radius 2 is 2.10 bits per heavy atom. The van der Waals surface area contributed by atoms with E-state index in [4.69, 9.17) is 0 Å². The Morgan fingerprint density at radius 1 is 1.35 bits per heavy atom. The molecule has 1 atom stereocenters. The molecule has 0 spiro atoms. The highest BCUT2D eigenvalue weighted by Gasteiger charge is 2.23. The van der Waals surface area contributed by atoms with E-state index in [1.54, 1.807) is 0 Å². The number of nitrogens with zero attached hydrogens (tertiary/aromatic N) is 1. The SMILES string of the molecule is C/C(=N\NC(=O)C[C@@H]1NCCNC1=O)c1ccccc1. The van der Waals surface area contributed by atoms with Crippen LogP contribution in [-0.2, 0) is 9.59 Å². The Balaban J connectivity index is 1.87. The third-order valence-corrected chi connectivity index (χ3v) is 3.06. The molecule has 6 nitrogen and oxygen atoms in total. The fourth-order valence-electron chi connectivity index (χ4n) is 1.93. The Labute approximate surface area is 117 Å². The Hall–Kier alpha value is -2.21. The molecular formula is C14H18N4O2. The number of hydrazone groups is 1. The fourth-order valence-corrected chi connectivity index (χ4v) is 1.93. The highest BCUT2D eigenvalue weighted by atomic mass is 16.2. The maximum absolute atomic E-state index is 11.8. The lowest BCUT2D eigenvalue weighted by Gasteiger charge is -2.22. The number of nitrogens with one attached hydrogen (secondary N) is 3. The molecule has 3 N–H and O–H groups in total. The molecule has 1 aromatic rings. The van der Waals surface area contributed by atoms with Crippen molar-refractivity contribution in [1.82, 2.24) is 16.1 Å². The lowest BCUT2D eigenvalue weighted by Crippen LogP contribution is -2.54. The van der Waals surface area contributed by atoms with E-state index in [-0.39, 0.29) is 18.2 Å². The number of rotatable bonds is 4. The van der Waals surface area contributed by atoms with Crippen molar-refractivity contribution < 1.29 is 9.59 Å². The number of amides is 2. The molecule has 1 fully saturated rings. The smallest absolute Gasteiger partial charge is 0.242 e. The second-order valence-corrected chi connectivity index (χ2v) is 4.60. The zero-order valence-electron chi connectivity index (χ0n) is 11.3. The van der Waals surface area contributed by atoms with E-state index in [2.05, 4.69) is 21.2 Å². The van der Waals surface area contributed by atoms with Crippen LogP contribution < -0.4 is 16.1 Å². The first-order valence-electron chi connectivity index (χ1n) is 6.56. The Kier molecular flexibility index (Phi) is 4.84. The van der Waals surface area contributed by atoms with Crippen molar-refractivity contribution in [3.8, 4) is 0 Å². The van der Waals surface area contributed by atoms with Crippen LogP contribution in [0.15, 0.2) is 35.4 Å². The summed E-state index contributed by atoms with van der Waals surface area (Å²) in [6.45, 7) is 3.10. The third kappa shape index (κ3) is 3.89. The van der Waals surface area contributed by atoms with Crippen LogP contribution in [-0.4, -0.2) is 36.7 Å². The largest absolute Gasteiger partial charge is 0.353 e. The van der Waals surface area contributed by atoms with Gasteiger partial charge < -0.3 is 10.6 Å². The molecule has 1 aliphatic rings. The maximum atomic E-state index is 11.8. The molecule has 1 aromatic carbocycles. The van der Waals surface area contributed by atoms with Crippen molar-refractivity contribution in [2.24, 2.45) is 5.10 Å². The molecule has 0 aliphatic carbocycles. The summed E-state index contributed by atoms with van der Waals surface area (Å²) < 4.78 is 0. The number of carbonyl (C=O) groups excluding carboxylic acids is 2. The van der Waals surface area contributed by atoms with Gasteiger partial charge in [0.25, 0.3) is 0 Å². The quantitative estimate of drug-likeness (QED) is 0.534. The minimum atomic E-state index is -0.476. The van der Waals surface area contributed by atoms with Crippen LogP contribution in [0.5, 0.6) is 0 Å². The van der Waals surface area contributed by atoms with E-state index in [1.165, 1.54) is 0 Å². The lowest BCUT2D eigenvalue weighted by atomic mass is 10.1. The number of benzene rings is 1. The van der Waals surface area contributed by atoms with Gasteiger partial charge in [0.1, 0.15) is 0 Å². The first kappa shape index (κ1) is 14.2. The van der Waals surface area contributed by atoms with Gasteiger partial charge in [-0.1, -0.05) is 30.3 Å². The van der Waals surface area contributed by atoms with Gasteiger partial charge in [-0.25, -0.2) is 5.43 Å². The summed E-state index contributed by atoms with van der Waals surface area (Å²) >= 11 is 0. The monoisotopic (exact) mass is 274 g/mol. The van der Waals surface area contributed by atoms with Crippen molar-refractivity contribution in [2.75, 3.05) is 13.1 Å². The van der Waals surface area contributed by atoms with Gasteiger partial charge in [0.15, 0.2) is 0 Å². The van der Waals surface area contributed by atoms with Crippen LogP contribution in [0.2, 0.25) is 0 Å². The minimum Gasteiger partial charge on any atom is -0.353 e. The number of hydrogen-bond donors (Lipinski definition) is 3. The molecule has 2 amide bonds. The second-order valence-electron chi connectivity index (χ2n) is 4.60. The van der Waals surface area contributed by atoms with E-state index in [0.717, 1.165) is 11.3 Å². The molecule has 0 bridgehead atoms. The highest BCUT2D eigenvalue weighted by Crippen LogP contribution is 2.00. The molecule has 6 heteroatoms. The van der Waals surface area contributed by atoms with Crippen LogP contribution in [0.25, 0.3) is 0 Å². The van der Waals surface area contributed by atoms with Crippen LogP contribution in [0, 0.1) is 0 Å². The van der Waals surface area contributed by atoms with Crippen molar-refractivity contribution >= 4 is 17.5 Å². The lowest BCUT2D eigenvalue weighted by molar-refractivity contribution is -0.129. The van der Waals surface area contributed by atoms with Gasteiger partial charge in [0, 0.05) is 13.1 Å². The predicted octanol–water partition coefficient (Wildman–Crippen LogP) is 0.00490. The summed E-state index contributed by atoms with van der Waals surface area (Å²) in [6.07, 6.45) is 0.0808. The Bertz CT molecular complexity index is 513. The molecular weight excluding hydrogens is 256 g/mol. The summed E-state index contributed by atoms with van der Waals surface area (Å²) in [4.78, 5) is 23.3. The van der Waals surface area contributed by atoms with Crippen LogP contribution in [0.4, 0.5) is 0 Å². The molecule has 0 saturated carbocycles. The van der Waals surface area contributed by atoms with Crippen LogP contribution in [0.1, 0.15) is 18.9 Å². The number of piperazine rings is 1. The summed E-state index contributed by atoms with van der Waals surface area (Å²) in [5.41, 5.74) is 4.15. The summed E-state index contributed by atoms with van der Waals surface area (Å²) in [5, 5.41) is 9.75. The van der Waals surface area contributed by atoms with Crippen LogP contribution in [0.3, 0.4) is 0 Å². The van der Waals surface area contributed by atoms with Gasteiger partial charge in [-0.2, -0.15) is 5.10 Å². The fraction of sp³-hybridized carbons (Fsp3) is 0.357. The molecule has 0 radical (unpaired) electrons. The van der Waals surface area contributed by atoms with E-state index in [1.807, 2.05) is 37.3 Å². The summed E-state index contributed by atoms with van der Waals surface area (Å²) in [7, 11) is 0. The molecule has 106 valence electrons. The molecule has 1 aliphatic heterocycles. The first-order valence-corrected chi connectivity index (χ1v) is 6.56. The van der Waals surface area contributed by atoms with Crippen molar-refractivity contribution in [3.05, 3.63) is 35.9 Å².